The third-order valence-corrected chi connectivity index (χ3v) is 3.23. The van der Waals surface area contributed by atoms with Crippen molar-refractivity contribution in [3.05, 3.63) is 60.2 Å². The Morgan fingerprint density at radius 2 is 1.70 bits per heavy atom. The maximum Gasteiger partial charge on any atom is 0.234 e. The first-order valence-corrected chi connectivity index (χ1v) is 7.56. The minimum absolute atomic E-state index is 0.0294. The van der Waals surface area contributed by atoms with Crippen LogP contribution in [0, 0.1) is 0 Å². The molecule has 0 aromatic heterocycles. The summed E-state index contributed by atoms with van der Waals surface area (Å²) in [4.78, 5) is 11.7. The average Bonchev–Trinajstić information content (AvgIpc) is 2.61. The van der Waals surface area contributed by atoms with Crippen LogP contribution in [0.2, 0.25) is 0 Å². The molecule has 0 aliphatic heterocycles. The van der Waals surface area contributed by atoms with Crippen LogP contribution in [0.25, 0.3) is 0 Å². The lowest BCUT2D eigenvalue weighted by molar-refractivity contribution is -0.120. The van der Waals surface area contributed by atoms with Crippen LogP contribution in [0.5, 0.6) is 11.5 Å². The Hall–Kier alpha value is -2.53. The molecule has 0 atom stereocenters. The van der Waals surface area contributed by atoms with Gasteiger partial charge in [-0.15, -0.1) is 0 Å². The number of methoxy groups -OCH3 is 1. The standard InChI is InChI=1S/C18H22N2O3/c1-22-16-7-9-17(10-8-16)23-12-11-19-14-18(21)20-13-15-5-3-2-4-6-15/h2-10,19H,11-14H2,1H3,(H,20,21). The Balaban J connectivity index is 1.55. The normalized spacial score (nSPS) is 10.1. The zero-order chi connectivity index (χ0) is 16.3. The quantitative estimate of drug-likeness (QED) is 0.695. The lowest BCUT2D eigenvalue weighted by Crippen LogP contribution is -2.35. The van der Waals surface area contributed by atoms with Crippen LogP contribution in [0.1, 0.15) is 5.56 Å². The minimum atomic E-state index is -0.0294. The molecule has 0 saturated heterocycles. The van der Waals surface area contributed by atoms with Crippen LogP contribution < -0.4 is 20.1 Å². The molecule has 0 unspecified atom stereocenters. The second kappa shape index (κ2) is 9.48. The van der Waals surface area contributed by atoms with E-state index in [9.17, 15) is 4.79 Å². The van der Waals surface area contributed by atoms with Crippen LogP contribution in [0.3, 0.4) is 0 Å². The van der Waals surface area contributed by atoms with Gasteiger partial charge in [-0.3, -0.25) is 4.79 Å². The van der Waals surface area contributed by atoms with Crippen LogP contribution >= 0.6 is 0 Å². The van der Waals surface area contributed by atoms with Gasteiger partial charge in [-0.25, -0.2) is 0 Å². The van der Waals surface area contributed by atoms with E-state index in [0.717, 1.165) is 17.1 Å². The average molecular weight is 314 g/mol. The largest absolute Gasteiger partial charge is 0.497 e. The molecule has 122 valence electrons. The van der Waals surface area contributed by atoms with E-state index in [2.05, 4.69) is 10.6 Å². The second-order valence-corrected chi connectivity index (χ2v) is 4.96. The number of rotatable bonds is 9. The van der Waals surface area contributed by atoms with Gasteiger partial charge in [0.1, 0.15) is 18.1 Å². The van der Waals surface area contributed by atoms with E-state index in [-0.39, 0.29) is 12.5 Å². The molecular formula is C18H22N2O3. The molecule has 1 amide bonds. The van der Waals surface area contributed by atoms with Crippen molar-refractivity contribution in [2.45, 2.75) is 6.54 Å². The van der Waals surface area contributed by atoms with Gasteiger partial charge in [0.15, 0.2) is 0 Å². The Morgan fingerprint density at radius 3 is 2.39 bits per heavy atom. The van der Waals surface area contributed by atoms with E-state index in [1.807, 2.05) is 54.6 Å². The van der Waals surface area contributed by atoms with Gasteiger partial charge >= 0.3 is 0 Å². The maximum absolute atomic E-state index is 11.7. The van der Waals surface area contributed by atoms with Gasteiger partial charge in [0, 0.05) is 13.1 Å². The Labute approximate surface area is 136 Å². The number of ether oxygens (including phenoxy) is 2. The molecule has 0 heterocycles. The van der Waals surface area contributed by atoms with Crippen molar-refractivity contribution in [2.24, 2.45) is 0 Å². The van der Waals surface area contributed by atoms with Crippen molar-refractivity contribution in [1.82, 2.24) is 10.6 Å². The predicted molar refractivity (Wildman–Crippen MR) is 89.6 cm³/mol. The highest BCUT2D eigenvalue weighted by Gasteiger charge is 2.00. The summed E-state index contributed by atoms with van der Waals surface area (Å²) >= 11 is 0. The van der Waals surface area contributed by atoms with Crippen LogP contribution in [0.4, 0.5) is 0 Å². The van der Waals surface area contributed by atoms with E-state index in [1.54, 1.807) is 7.11 Å². The van der Waals surface area contributed by atoms with Crippen molar-refractivity contribution in [3.63, 3.8) is 0 Å². The van der Waals surface area contributed by atoms with Crippen LogP contribution in [-0.4, -0.2) is 32.7 Å². The molecule has 0 radical (unpaired) electrons. The first-order chi connectivity index (χ1) is 11.3. The molecule has 2 aromatic carbocycles. The summed E-state index contributed by atoms with van der Waals surface area (Å²) in [5, 5.41) is 5.92. The lowest BCUT2D eigenvalue weighted by atomic mass is 10.2. The van der Waals surface area contributed by atoms with Gasteiger partial charge in [0.2, 0.25) is 5.91 Å². The number of benzene rings is 2. The second-order valence-electron chi connectivity index (χ2n) is 4.96. The van der Waals surface area contributed by atoms with Gasteiger partial charge in [0.25, 0.3) is 0 Å². The van der Waals surface area contributed by atoms with Gasteiger partial charge in [-0.1, -0.05) is 30.3 Å². The molecule has 2 N–H and O–H groups in total. The third-order valence-electron chi connectivity index (χ3n) is 3.23. The smallest absolute Gasteiger partial charge is 0.234 e. The first kappa shape index (κ1) is 16.8. The van der Waals surface area contributed by atoms with Crippen molar-refractivity contribution in [2.75, 3.05) is 26.8 Å². The van der Waals surface area contributed by atoms with Crippen molar-refractivity contribution < 1.29 is 14.3 Å². The molecule has 0 spiro atoms. The van der Waals surface area contributed by atoms with Crippen molar-refractivity contribution in [1.29, 1.82) is 0 Å². The van der Waals surface area contributed by atoms with Gasteiger partial charge in [-0.05, 0) is 29.8 Å². The van der Waals surface area contributed by atoms with Crippen LogP contribution in [-0.2, 0) is 11.3 Å². The van der Waals surface area contributed by atoms with Crippen molar-refractivity contribution >= 4 is 5.91 Å². The van der Waals surface area contributed by atoms with E-state index in [0.29, 0.717) is 19.7 Å². The molecule has 2 rings (SSSR count). The molecule has 0 bridgehead atoms. The molecular weight excluding hydrogens is 292 g/mol. The number of nitrogens with one attached hydrogen (secondary N) is 2. The lowest BCUT2D eigenvalue weighted by Gasteiger charge is -2.09. The fourth-order valence-electron chi connectivity index (χ4n) is 1.97. The molecule has 0 saturated carbocycles. The summed E-state index contributed by atoms with van der Waals surface area (Å²) in [6.45, 7) is 1.92. The van der Waals surface area contributed by atoms with Gasteiger partial charge in [-0.2, -0.15) is 0 Å². The Morgan fingerprint density at radius 1 is 1.00 bits per heavy atom. The summed E-state index contributed by atoms with van der Waals surface area (Å²) in [5.41, 5.74) is 1.09. The maximum atomic E-state index is 11.7. The predicted octanol–water partition coefficient (Wildman–Crippen LogP) is 1.98. The van der Waals surface area contributed by atoms with Crippen LogP contribution in [0.15, 0.2) is 54.6 Å². The molecule has 2 aromatic rings. The third kappa shape index (κ3) is 6.40. The fourth-order valence-corrected chi connectivity index (χ4v) is 1.97. The number of carbonyl (C=O) groups excluding carboxylic acids is 1. The van der Waals surface area contributed by atoms with Gasteiger partial charge in [0.05, 0.1) is 13.7 Å². The number of carbonyl (C=O) groups is 1. The monoisotopic (exact) mass is 314 g/mol. The number of amides is 1. The zero-order valence-electron chi connectivity index (χ0n) is 13.2. The number of hydrogen-bond donors (Lipinski definition) is 2. The summed E-state index contributed by atoms with van der Waals surface area (Å²) in [7, 11) is 1.63. The molecule has 0 aliphatic carbocycles. The summed E-state index contributed by atoms with van der Waals surface area (Å²) in [5.74, 6) is 1.55. The molecule has 5 nitrogen and oxygen atoms in total. The highest BCUT2D eigenvalue weighted by Crippen LogP contribution is 2.16. The summed E-state index contributed by atoms with van der Waals surface area (Å²) in [6, 6.07) is 17.2. The summed E-state index contributed by atoms with van der Waals surface area (Å²) < 4.78 is 10.6. The molecule has 5 heteroatoms. The molecule has 0 aliphatic rings. The SMILES string of the molecule is COc1ccc(OCCNCC(=O)NCc2ccccc2)cc1. The highest BCUT2D eigenvalue weighted by molar-refractivity contribution is 5.77. The highest BCUT2D eigenvalue weighted by atomic mass is 16.5. The number of hydrogen-bond acceptors (Lipinski definition) is 4. The van der Waals surface area contributed by atoms with E-state index < -0.39 is 0 Å². The van der Waals surface area contributed by atoms with E-state index in [1.165, 1.54) is 0 Å². The van der Waals surface area contributed by atoms with E-state index >= 15 is 0 Å². The minimum Gasteiger partial charge on any atom is -0.497 e. The molecule has 0 fully saturated rings. The van der Waals surface area contributed by atoms with Crippen molar-refractivity contribution in [3.8, 4) is 11.5 Å². The zero-order valence-corrected chi connectivity index (χ0v) is 13.2. The topological polar surface area (TPSA) is 59.6 Å². The van der Waals surface area contributed by atoms with E-state index in [4.69, 9.17) is 9.47 Å². The summed E-state index contributed by atoms with van der Waals surface area (Å²) in [6.07, 6.45) is 0. The molecule has 23 heavy (non-hydrogen) atoms. The Bertz CT molecular complexity index is 585. The Kier molecular flexibility index (Phi) is 6.94. The van der Waals surface area contributed by atoms with Gasteiger partial charge < -0.3 is 20.1 Å². The first-order valence-electron chi connectivity index (χ1n) is 7.56. The fraction of sp³-hybridized carbons (Fsp3) is 0.278.